The Bertz CT molecular complexity index is 382. The molecule has 0 saturated heterocycles. The fraction of sp³-hybridized carbons (Fsp3) is 0.615. The normalized spacial score (nSPS) is 12.8. The first-order chi connectivity index (χ1) is 7.95. The molecule has 96 valence electrons. The third-order valence-corrected chi connectivity index (χ3v) is 2.94. The Labute approximate surface area is 102 Å². The van der Waals surface area contributed by atoms with E-state index >= 15 is 0 Å². The van der Waals surface area contributed by atoms with Crippen molar-refractivity contribution >= 4 is 5.97 Å². The quantitative estimate of drug-likeness (QED) is 0.802. The fourth-order valence-corrected chi connectivity index (χ4v) is 1.43. The summed E-state index contributed by atoms with van der Waals surface area (Å²) in [5.41, 5.74) is 0.811. The van der Waals surface area contributed by atoms with Crippen molar-refractivity contribution in [3.8, 4) is 0 Å². The molecule has 0 radical (unpaired) electrons. The van der Waals surface area contributed by atoms with Crippen molar-refractivity contribution in [3.05, 3.63) is 23.2 Å². The topological polar surface area (TPSA) is 51.5 Å². The lowest BCUT2D eigenvalue weighted by Gasteiger charge is -2.16. The molecule has 1 aromatic rings. The lowest BCUT2D eigenvalue weighted by Crippen LogP contribution is -2.29. The predicted molar refractivity (Wildman–Crippen MR) is 65.9 cm³/mol. The first kappa shape index (κ1) is 13.8. The van der Waals surface area contributed by atoms with Gasteiger partial charge in [-0.15, -0.1) is 0 Å². The SMILES string of the molecule is COC(=O)c1oc(CNC(C)C(C)C)cc1C. The van der Waals surface area contributed by atoms with Gasteiger partial charge in [-0.3, -0.25) is 0 Å². The zero-order chi connectivity index (χ0) is 13.0. The molecule has 0 spiro atoms. The predicted octanol–water partition coefficient (Wildman–Crippen LogP) is 2.51. The van der Waals surface area contributed by atoms with Gasteiger partial charge in [0.2, 0.25) is 5.76 Å². The number of hydrogen-bond acceptors (Lipinski definition) is 4. The summed E-state index contributed by atoms with van der Waals surface area (Å²) in [6.07, 6.45) is 0. The standard InChI is InChI=1S/C13H21NO3/c1-8(2)10(4)14-7-11-6-9(3)12(17-11)13(15)16-5/h6,8,10,14H,7H2,1-5H3. The van der Waals surface area contributed by atoms with E-state index in [4.69, 9.17) is 4.42 Å². The summed E-state index contributed by atoms with van der Waals surface area (Å²) >= 11 is 0. The molecule has 0 aliphatic rings. The van der Waals surface area contributed by atoms with E-state index < -0.39 is 5.97 Å². The number of carbonyl (C=O) groups excluding carboxylic acids is 1. The molecule has 1 rings (SSSR count). The summed E-state index contributed by atoms with van der Waals surface area (Å²) in [5.74, 6) is 1.19. The van der Waals surface area contributed by atoms with Crippen molar-refractivity contribution < 1.29 is 13.9 Å². The van der Waals surface area contributed by atoms with Gasteiger partial charge in [-0.05, 0) is 25.8 Å². The number of carbonyl (C=O) groups is 1. The third kappa shape index (κ3) is 3.60. The third-order valence-electron chi connectivity index (χ3n) is 2.94. The largest absolute Gasteiger partial charge is 0.463 e. The van der Waals surface area contributed by atoms with Crippen LogP contribution in [-0.4, -0.2) is 19.1 Å². The molecular weight excluding hydrogens is 218 g/mol. The Morgan fingerprint density at radius 1 is 1.47 bits per heavy atom. The molecule has 0 aliphatic heterocycles. The summed E-state index contributed by atoms with van der Waals surface area (Å²) in [6, 6.07) is 2.27. The maximum absolute atomic E-state index is 11.4. The number of esters is 1. The average molecular weight is 239 g/mol. The van der Waals surface area contributed by atoms with E-state index in [1.807, 2.05) is 13.0 Å². The fourth-order valence-electron chi connectivity index (χ4n) is 1.43. The summed E-state index contributed by atoms with van der Waals surface area (Å²) in [5, 5.41) is 3.35. The van der Waals surface area contributed by atoms with Gasteiger partial charge in [-0.25, -0.2) is 4.79 Å². The number of hydrogen-bond donors (Lipinski definition) is 1. The molecule has 1 atom stereocenters. The molecule has 1 aromatic heterocycles. The first-order valence-electron chi connectivity index (χ1n) is 5.86. The van der Waals surface area contributed by atoms with Crippen molar-refractivity contribution in [3.63, 3.8) is 0 Å². The second-order valence-corrected chi connectivity index (χ2v) is 4.63. The Balaban J connectivity index is 2.65. The Kier molecular flexibility index (Phi) is 4.75. The molecule has 0 amide bonds. The van der Waals surface area contributed by atoms with Crippen LogP contribution in [0, 0.1) is 12.8 Å². The number of methoxy groups -OCH3 is 1. The van der Waals surface area contributed by atoms with Crippen molar-refractivity contribution in [2.75, 3.05) is 7.11 Å². The van der Waals surface area contributed by atoms with Gasteiger partial charge in [0, 0.05) is 11.6 Å². The average Bonchev–Trinajstić information content (AvgIpc) is 2.66. The highest BCUT2D eigenvalue weighted by Crippen LogP contribution is 2.16. The molecule has 0 bridgehead atoms. The number of furan rings is 1. The molecule has 4 nitrogen and oxygen atoms in total. The van der Waals surface area contributed by atoms with Crippen LogP contribution in [0.4, 0.5) is 0 Å². The zero-order valence-electron chi connectivity index (χ0n) is 11.2. The second kappa shape index (κ2) is 5.87. The van der Waals surface area contributed by atoms with Gasteiger partial charge >= 0.3 is 5.97 Å². The highest BCUT2D eigenvalue weighted by Gasteiger charge is 2.16. The molecule has 4 heteroatoms. The highest BCUT2D eigenvalue weighted by molar-refractivity contribution is 5.87. The Hall–Kier alpha value is -1.29. The van der Waals surface area contributed by atoms with Crippen molar-refractivity contribution in [2.24, 2.45) is 5.92 Å². The Morgan fingerprint density at radius 2 is 2.12 bits per heavy atom. The first-order valence-corrected chi connectivity index (χ1v) is 5.86. The van der Waals surface area contributed by atoms with Crippen molar-refractivity contribution in [1.29, 1.82) is 0 Å². The molecule has 0 aromatic carbocycles. The molecule has 1 unspecified atom stereocenters. The van der Waals surface area contributed by atoms with E-state index in [0.717, 1.165) is 11.3 Å². The van der Waals surface area contributed by atoms with Crippen LogP contribution < -0.4 is 5.32 Å². The lowest BCUT2D eigenvalue weighted by molar-refractivity contribution is 0.0561. The van der Waals surface area contributed by atoms with Gasteiger partial charge in [0.15, 0.2) is 0 Å². The van der Waals surface area contributed by atoms with Crippen LogP contribution in [0.15, 0.2) is 10.5 Å². The molecule has 17 heavy (non-hydrogen) atoms. The maximum Gasteiger partial charge on any atom is 0.374 e. The van der Waals surface area contributed by atoms with E-state index in [1.54, 1.807) is 0 Å². The molecule has 0 saturated carbocycles. The van der Waals surface area contributed by atoms with Crippen LogP contribution in [0.5, 0.6) is 0 Å². The van der Waals surface area contributed by atoms with Gasteiger partial charge < -0.3 is 14.5 Å². The van der Waals surface area contributed by atoms with E-state index in [1.165, 1.54) is 7.11 Å². The van der Waals surface area contributed by atoms with Gasteiger partial charge in [0.25, 0.3) is 0 Å². The molecule has 0 fully saturated rings. The highest BCUT2D eigenvalue weighted by atomic mass is 16.5. The monoisotopic (exact) mass is 239 g/mol. The maximum atomic E-state index is 11.4. The lowest BCUT2D eigenvalue weighted by atomic mass is 10.1. The molecular formula is C13H21NO3. The smallest absolute Gasteiger partial charge is 0.374 e. The number of rotatable bonds is 5. The minimum Gasteiger partial charge on any atom is -0.463 e. The van der Waals surface area contributed by atoms with Crippen molar-refractivity contribution in [1.82, 2.24) is 5.32 Å². The summed E-state index contributed by atoms with van der Waals surface area (Å²) in [7, 11) is 1.35. The van der Waals surface area contributed by atoms with Crippen LogP contribution in [0.25, 0.3) is 0 Å². The minimum atomic E-state index is -0.425. The molecule has 1 heterocycles. The van der Waals surface area contributed by atoms with Crippen LogP contribution >= 0.6 is 0 Å². The Morgan fingerprint density at radius 3 is 2.65 bits per heavy atom. The van der Waals surface area contributed by atoms with Gasteiger partial charge in [0.05, 0.1) is 13.7 Å². The van der Waals surface area contributed by atoms with Crippen LogP contribution in [0.3, 0.4) is 0 Å². The van der Waals surface area contributed by atoms with Gasteiger partial charge in [0.1, 0.15) is 5.76 Å². The van der Waals surface area contributed by atoms with E-state index in [0.29, 0.717) is 24.3 Å². The van der Waals surface area contributed by atoms with Crippen LogP contribution in [0.2, 0.25) is 0 Å². The minimum absolute atomic E-state index is 0.293. The number of aryl methyl sites for hydroxylation is 1. The van der Waals surface area contributed by atoms with E-state index in [9.17, 15) is 4.79 Å². The molecule has 0 aliphatic carbocycles. The van der Waals surface area contributed by atoms with E-state index in [2.05, 4.69) is 30.8 Å². The number of nitrogens with one attached hydrogen (secondary N) is 1. The van der Waals surface area contributed by atoms with Crippen molar-refractivity contribution in [2.45, 2.75) is 40.3 Å². The second-order valence-electron chi connectivity index (χ2n) is 4.63. The zero-order valence-corrected chi connectivity index (χ0v) is 11.2. The summed E-state index contributed by atoms with van der Waals surface area (Å²) < 4.78 is 10.1. The molecule has 1 N–H and O–H groups in total. The summed E-state index contributed by atoms with van der Waals surface area (Å²) in [6.45, 7) is 8.90. The van der Waals surface area contributed by atoms with Gasteiger partial charge in [-0.2, -0.15) is 0 Å². The summed E-state index contributed by atoms with van der Waals surface area (Å²) in [4.78, 5) is 11.4. The van der Waals surface area contributed by atoms with E-state index in [-0.39, 0.29) is 0 Å². The van der Waals surface area contributed by atoms with Gasteiger partial charge in [-0.1, -0.05) is 13.8 Å². The number of ether oxygens (including phenoxy) is 1. The van der Waals surface area contributed by atoms with Crippen LogP contribution in [0.1, 0.15) is 42.6 Å². The van der Waals surface area contributed by atoms with Crippen LogP contribution in [-0.2, 0) is 11.3 Å².